The molecule has 0 radical (unpaired) electrons. The van der Waals surface area contributed by atoms with Gasteiger partial charge in [-0.15, -0.1) is 5.10 Å². The molecule has 0 atom stereocenters. The predicted octanol–water partition coefficient (Wildman–Crippen LogP) is 3.91. The van der Waals surface area contributed by atoms with Crippen LogP contribution in [0.15, 0.2) is 52.9 Å². The van der Waals surface area contributed by atoms with Crippen molar-refractivity contribution in [1.82, 2.24) is 14.7 Å². The van der Waals surface area contributed by atoms with Crippen LogP contribution in [0, 0.1) is 10.8 Å². The molecule has 1 saturated heterocycles. The lowest BCUT2D eigenvalue weighted by Crippen LogP contribution is -2.39. The van der Waals surface area contributed by atoms with Crippen LogP contribution in [0.2, 0.25) is 0 Å². The number of anilines is 1. The number of ether oxygens (including phenoxy) is 2. The lowest BCUT2D eigenvalue weighted by molar-refractivity contribution is -0.121. The zero-order valence-corrected chi connectivity index (χ0v) is 17.6. The number of benzene rings is 2. The SMILES string of the molecule is O=C(Nc1ccc2c(c1)OCO2)C1CCN(Cn2nc(-c3ccccc3)oc2=S)CC1. The number of nitrogens with one attached hydrogen (secondary N) is 1. The first-order chi connectivity index (χ1) is 15.2. The van der Waals surface area contributed by atoms with Crippen molar-refractivity contribution < 1.29 is 18.7 Å². The maximum atomic E-state index is 12.7. The molecule has 5 rings (SSSR count). The Bertz CT molecular complexity index is 1140. The van der Waals surface area contributed by atoms with Gasteiger partial charge in [0.15, 0.2) is 11.5 Å². The molecule has 2 aliphatic heterocycles. The zero-order valence-electron chi connectivity index (χ0n) is 16.8. The van der Waals surface area contributed by atoms with Gasteiger partial charge in [0.05, 0.1) is 6.67 Å². The fraction of sp³-hybridized carbons (Fsp3) is 0.318. The highest BCUT2D eigenvalue weighted by atomic mass is 32.1. The van der Waals surface area contributed by atoms with Crippen molar-refractivity contribution in [3.8, 4) is 23.0 Å². The number of carbonyl (C=O) groups is 1. The molecule has 3 heterocycles. The Morgan fingerprint density at radius 3 is 2.68 bits per heavy atom. The summed E-state index contributed by atoms with van der Waals surface area (Å²) in [5.74, 6) is 1.87. The number of likely N-dealkylation sites (tertiary alicyclic amines) is 1. The number of piperidine rings is 1. The third kappa shape index (κ3) is 4.33. The molecule has 31 heavy (non-hydrogen) atoms. The third-order valence-electron chi connectivity index (χ3n) is 5.56. The molecule has 0 saturated carbocycles. The summed E-state index contributed by atoms with van der Waals surface area (Å²) < 4.78 is 18.0. The molecule has 1 aromatic heterocycles. The number of rotatable bonds is 5. The van der Waals surface area contributed by atoms with Gasteiger partial charge in [-0.25, -0.2) is 4.68 Å². The molecular weight excluding hydrogens is 416 g/mol. The van der Waals surface area contributed by atoms with Crippen LogP contribution in [-0.2, 0) is 11.5 Å². The van der Waals surface area contributed by atoms with Crippen LogP contribution >= 0.6 is 12.2 Å². The number of hydrogen-bond acceptors (Lipinski definition) is 7. The lowest BCUT2D eigenvalue weighted by Gasteiger charge is -2.30. The average Bonchev–Trinajstić information content (AvgIpc) is 3.41. The van der Waals surface area contributed by atoms with Crippen LogP contribution in [0.3, 0.4) is 0 Å². The topological polar surface area (TPSA) is 81.8 Å². The number of carbonyl (C=O) groups excluding carboxylic acids is 1. The second kappa shape index (κ2) is 8.52. The summed E-state index contributed by atoms with van der Waals surface area (Å²) in [5, 5.41) is 7.51. The smallest absolute Gasteiger partial charge is 0.288 e. The molecule has 2 aliphatic rings. The number of fused-ring (bicyclic) bond motifs is 1. The van der Waals surface area contributed by atoms with Crippen molar-refractivity contribution in [3.05, 3.63) is 53.4 Å². The molecule has 3 aromatic rings. The highest BCUT2D eigenvalue weighted by Crippen LogP contribution is 2.34. The molecule has 160 valence electrons. The second-order valence-electron chi connectivity index (χ2n) is 7.63. The van der Waals surface area contributed by atoms with E-state index >= 15 is 0 Å². The summed E-state index contributed by atoms with van der Waals surface area (Å²) in [7, 11) is 0. The summed E-state index contributed by atoms with van der Waals surface area (Å²) in [6, 6.07) is 15.1. The minimum Gasteiger partial charge on any atom is -0.454 e. The van der Waals surface area contributed by atoms with E-state index in [2.05, 4.69) is 15.3 Å². The van der Waals surface area contributed by atoms with Crippen LogP contribution < -0.4 is 14.8 Å². The van der Waals surface area contributed by atoms with Gasteiger partial charge in [0, 0.05) is 36.3 Å². The van der Waals surface area contributed by atoms with E-state index in [9.17, 15) is 4.79 Å². The molecule has 1 N–H and O–H groups in total. The molecule has 8 nitrogen and oxygen atoms in total. The van der Waals surface area contributed by atoms with Crippen molar-refractivity contribution in [2.75, 3.05) is 25.2 Å². The zero-order chi connectivity index (χ0) is 21.2. The molecule has 0 unspecified atom stereocenters. The quantitative estimate of drug-likeness (QED) is 0.605. The van der Waals surface area contributed by atoms with Crippen LogP contribution in [0.25, 0.3) is 11.5 Å². The van der Waals surface area contributed by atoms with E-state index in [1.54, 1.807) is 10.7 Å². The Morgan fingerprint density at radius 1 is 1.10 bits per heavy atom. The minimum atomic E-state index is -0.0353. The van der Waals surface area contributed by atoms with E-state index in [-0.39, 0.29) is 18.6 Å². The van der Waals surface area contributed by atoms with Gasteiger partial charge in [-0.2, -0.15) is 0 Å². The van der Waals surface area contributed by atoms with Crippen molar-refractivity contribution in [2.45, 2.75) is 19.5 Å². The van der Waals surface area contributed by atoms with Gasteiger partial charge in [0.2, 0.25) is 18.6 Å². The van der Waals surface area contributed by atoms with Crippen molar-refractivity contribution >= 4 is 23.8 Å². The van der Waals surface area contributed by atoms with Gasteiger partial charge in [-0.05, 0) is 49.3 Å². The van der Waals surface area contributed by atoms with E-state index < -0.39 is 0 Å². The van der Waals surface area contributed by atoms with Crippen LogP contribution in [0.1, 0.15) is 12.8 Å². The van der Waals surface area contributed by atoms with Crippen LogP contribution in [0.5, 0.6) is 11.5 Å². The maximum absolute atomic E-state index is 12.7. The van der Waals surface area contributed by atoms with Gasteiger partial charge in [0.1, 0.15) is 0 Å². The normalized spacial score (nSPS) is 16.4. The summed E-state index contributed by atoms with van der Waals surface area (Å²) >= 11 is 5.34. The van der Waals surface area contributed by atoms with Gasteiger partial charge >= 0.3 is 0 Å². The minimum absolute atomic E-state index is 0.0305. The first-order valence-corrected chi connectivity index (χ1v) is 10.6. The standard InChI is InChI=1S/C22H22N4O4S/c27-20(23-17-6-7-18-19(12-17)29-14-28-18)15-8-10-25(11-9-15)13-26-22(31)30-21(24-26)16-4-2-1-3-5-16/h1-7,12,15H,8-11,13-14H2,(H,23,27). The van der Waals surface area contributed by atoms with E-state index in [0.29, 0.717) is 28.9 Å². The number of hydrogen-bond donors (Lipinski definition) is 1. The molecule has 9 heteroatoms. The van der Waals surface area contributed by atoms with E-state index in [0.717, 1.165) is 37.2 Å². The van der Waals surface area contributed by atoms with Crippen molar-refractivity contribution in [2.24, 2.45) is 5.92 Å². The Labute approximate surface area is 184 Å². The van der Waals surface area contributed by atoms with E-state index in [1.165, 1.54) is 0 Å². The van der Waals surface area contributed by atoms with Gasteiger partial charge in [-0.1, -0.05) is 18.2 Å². The van der Waals surface area contributed by atoms with E-state index in [1.807, 2.05) is 42.5 Å². The Morgan fingerprint density at radius 2 is 1.87 bits per heavy atom. The van der Waals surface area contributed by atoms with Crippen LogP contribution in [-0.4, -0.2) is 40.5 Å². The highest BCUT2D eigenvalue weighted by molar-refractivity contribution is 7.71. The van der Waals surface area contributed by atoms with Gasteiger partial charge in [0.25, 0.3) is 4.84 Å². The third-order valence-corrected chi connectivity index (χ3v) is 5.85. The van der Waals surface area contributed by atoms with Crippen molar-refractivity contribution in [3.63, 3.8) is 0 Å². The molecular formula is C22H22N4O4S. The Hall–Kier alpha value is -3.17. The fourth-order valence-electron chi connectivity index (χ4n) is 3.84. The molecule has 1 fully saturated rings. The Balaban J connectivity index is 1.16. The average molecular weight is 439 g/mol. The summed E-state index contributed by atoms with van der Waals surface area (Å²) in [6.45, 7) is 2.34. The van der Waals surface area contributed by atoms with E-state index in [4.69, 9.17) is 26.1 Å². The first-order valence-electron chi connectivity index (χ1n) is 10.2. The molecule has 0 aliphatic carbocycles. The van der Waals surface area contributed by atoms with Crippen molar-refractivity contribution in [1.29, 1.82) is 0 Å². The van der Waals surface area contributed by atoms with Gasteiger partial charge in [-0.3, -0.25) is 9.69 Å². The van der Waals surface area contributed by atoms with Crippen LogP contribution in [0.4, 0.5) is 5.69 Å². The molecule has 0 bridgehead atoms. The monoisotopic (exact) mass is 438 g/mol. The largest absolute Gasteiger partial charge is 0.454 e. The van der Waals surface area contributed by atoms with Gasteiger partial charge < -0.3 is 19.2 Å². The molecule has 0 spiro atoms. The number of amides is 1. The summed E-state index contributed by atoms with van der Waals surface area (Å²) in [4.78, 5) is 15.3. The Kier molecular flexibility index (Phi) is 5.44. The maximum Gasteiger partial charge on any atom is 0.288 e. The number of nitrogens with zero attached hydrogens (tertiary/aromatic N) is 3. The summed E-state index contributed by atoms with van der Waals surface area (Å²) in [5.41, 5.74) is 1.62. The summed E-state index contributed by atoms with van der Waals surface area (Å²) in [6.07, 6.45) is 1.54. The fourth-order valence-corrected chi connectivity index (χ4v) is 4.02. The highest BCUT2D eigenvalue weighted by Gasteiger charge is 2.26. The lowest BCUT2D eigenvalue weighted by atomic mass is 9.96. The predicted molar refractivity (Wildman–Crippen MR) is 116 cm³/mol. The molecule has 2 aromatic carbocycles. The number of aromatic nitrogens is 2. The second-order valence-corrected chi connectivity index (χ2v) is 7.98. The first kappa shape index (κ1) is 19.8. The molecule has 1 amide bonds.